The van der Waals surface area contributed by atoms with Crippen molar-refractivity contribution in [2.45, 2.75) is 6.54 Å². The number of carbonyl (C=O) groups is 1. The van der Waals surface area contributed by atoms with E-state index in [1.165, 1.54) is 25.3 Å². The van der Waals surface area contributed by atoms with Crippen molar-refractivity contribution in [1.82, 2.24) is 15.3 Å². The van der Waals surface area contributed by atoms with Crippen LogP contribution in [0.3, 0.4) is 0 Å². The highest BCUT2D eigenvalue weighted by Gasteiger charge is 2.21. The SMILES string of the molecule is COc1ccc([N+](=O)[O-])c(C(=O)NCc2ncccn2)c1. The van der Waals surface area contributed by atoms with E-state index in [4.69, 9.17) is 4.74 Å². The Kier molecular flexibility index (Phi) is 4.39. The third-order valence-electron chi connectivity index (χ3n) is 2.67. The second-order valence-corrected chi connectivity index (χ2v) is 3.99. The highest BCUT2D eigenvalue weighted by atomic mass is 16.6. The van der Waals surface area contributed by atoms with Gasteiger partial charge in [-0.05, 0) is 18.2 Å². The summed E-state index contributed by atoms with van der Waals surface area (Å²) < 4.78 is 4.98. The van der Waals surface area contributed by atoms with E-state index in [1.54, 1.807) is 18.5 Å². The number of nitrogens with zero attached hydrogens (tertiary/aromatic N) is 3. The third kappa shape index (κ3) is 3.50. The molecule has 1 heterocycles. The van der Waals surface area contributed by atoms with Crippen LogP contribution in [0.25, 0.3) is 0 Å². The van der Waals surface area contributed by atoms with E-state index in [-0.39, 0.29) is 17.8 Å². The Labute approximate surface area is 120 Å². The van der Waals surface area contributed by atoms with Crippen LogP contribution < -0.4 is 10.1 Å². The maximum atomic E-state index is 12.1. The van der Waals surface area contributed by atoms with Crippen molar-refractivity contribution in [3.8, 4) is 5.75 Å². The average Bonchev–Trinajstić information content (AvgIpc) is 2.52. The molecule has 108 valence electrons. The lowest BCUT2D eigenvalue weighted by Crippen LogP contribution is -2.24. The summed E-state index contributed by atoms with van der Waals surface area (Å²) in [7, 11) is 1.42. The van der Waals surface area contributed by atoms with E-state index < -0.39 is 10.8 Å². The van der Waals surface area contributed by atoms with Gasteiger partial charge in [-0.3, -0.25) is 14.9 Å². The number of nitro groups is 1. The van der Waals surface area contributed by atoms with Crippen LogP contribution in [-0.2, 0) is 6.54 Å². The molecule has 1 amide bonds. The molecule has 1 aromatic heterocycles. The first-order chi connectivity index (χ1) is 10.1. The van der Waals surface area contributed by atoms with E-state index >= 15 is 0 Å². The van der Waals surface area contributed by atoms with Crippen molar-refractivity contribution in [2.75, 3.05) is 7.11 Å². The van der Waals surface area contributed by atoms with Crippen LogP contribution in [0.5, 0.6) is 5.75 Å². The highest BCUT2D eigenvalue weighted by molar-refractivity contribution is 5.98. The predicted molar refractivity (Wildman–Crippen MR) is 72.9 cm³/mol. The van der Waals surface area contributed by atoms with E-state index in [0.717, 1.165) is 0 Å². The highest BCUT2D eigenvalue weighted by Crippen LogP contribution is 2.23. The first-order valence-electron chi connectivity index (χ1n) is 5.98. The van der Waals surface area contributed by atoms with Crippen molar-refractivity contribution in [2.24, 2.45) is 0 Å². The molecule has 1 aromatic carbocycles. The van der Waals surface area contributed by atoms with Crippen LogP contribution in [0, 0.1) is 10.1 Å². The van der Waals surface area contributed by atoms with Gasteiger partial charge in [0.1, 0.15) is 17.1 Å². The first-order valence-corrected chi connectivity index (χ1v) is 5.98. The molecule has 8 nitrogen and oxygen atoms in total. The smallest absolute Gasteiger partial charge is 0.282 e. The Bertz CT molecular complexity index is 660. The molecule has 1 N–H and O–H groups in total. The van der Waals surface area contributed by atoms with Crippen LogP contribution in [0.2, 0.25) is 0 Å². The van der Waals surface area contributed by atoms with Gasteiger partial charge in [-0.25, -0.2) is 9.97 Å². The second kappa shape index (κ2) is 6.42. The molecule has 0 unspecified atom stereocenters. The third-order valence-corrected chi connectivity index (χ3v) is 2.67. The number of hydrogen-bond acceptors (Lipinski definition) is 6. The standard InChI is InChI=1S/C13H12N4O4/c1-21-9-3-4-11(17(19)20)10(7-9)13(18)16-8-12-14-5-2-6-15-12/h2-7H,8H2,1H3,(H,16,18). The fraction of sp³-hybridized carbons (Fsp3) is 0.154. The lowest BCUT2D eigenvalue weighted by molar-refractivity contribution is -0.385. The molecule has 0 radical (unpaired) electrons. The number of nitro benzene ring substituents is 1. The van der Waals surface area contributed by atoms with Crippen LogP contribution in [-0.4, -0.2) is 27.9 Å². The average molecular weight is 288 g/mol. The summed E-state index contributed by atoms with van der Waals surface area (Å²) in [6.45, 7) is 0.0774. The molecule has 2 aromatic rings. The normalized spacial score (nSPS) is 9.95. The van der Waals surface area contributed by atoms with Gasteiger partial charge < -0.3 is 10.1 Å². The fourth-order valence-electron chi connectivity index (χ4n) is 1.66. The Morgan fingerprint density at radius 1 is 1.38 bits per heavy atom. The quantitative estimate of drug-likeness (QED) is 0.656. The lowest BCUT2D eigenvalue weighted by atomic mass is 10.1. The number of ether oxygens (including phenoxy) is 1. The largest absolute Gasteiger partial charge is 0.497 e. The Hall–Kier alpha value is -3.03. The van der Waals surface area contributed by atoms with Crippen molar-refractivity contribution in [3.05, 3.63) is 58.2 Å². The summed E-state index contributed by atoms with van der Waals surface area (Å²) in [5, 5.41) is 13.5. The number of nitrogens with one attached hydrogen (secondary N) is 1. The Balaban J connectivity index is 2.19. The molecule has 0 bridgehead atoms. The van der Waals surface area contributed by atoms with Gasteiger partial charge in [-0.1, -0.05) is 0 Å². The minimum atomic E-state index is -0.618. The molecular weight excluding hydrogens is 276 g/mol. The molecule has 21 heavy (non-hydrogen) atoms. The van der Waals surface area contributed by atoms with Gasteiger partial charge >= 0.3 is 0 Å². The molecule has 0 spiro atoms. The van der Waals surface area contributed by atoms with Gasteiger partial charge in [-0.2, -0.15) is 0 Å². The van der Waals surface area contributed by atoms with E-state index in [0.29, 0.717) is 11.6 Å². The molecule has 0 aliphatic heterocycles. The zero-order chi connectivity index (χ0) is 15.2. The van der Waals surface area contributed by atoms with Gasteiger partial charge in [0.2, 0.25) is 0 Å². The van der Waals surface area contributed by atoms with Gasteiger partial charge in [-0.15, -0.1) is 0 Å². The number of rotatable bonds is 5. The number of benzene rings is 1. The van der Waals surface area contributed by atoms with Crippen LogP contribution in [0.4, 0.5) is 5.69 Å². The van der Waals surface area contributed by atoms with Crippen LogP contribution in [0.1, 0.15) is 16.2 Å². The predicted octanol–water partition coefficient (Wildman–Crippen LogP) is 1.32. The minimum absolute atomic E-state index is 0.0738. The van der Waals surface area contributed by atoms with E-state index in [9.17, 15) is 14.9 Å². The van der Waals surface area contributed by atoms with Crippen LogP contribution >= 0.6 is 0 Å². The van der Waals surface area contributed by atoms with Crippen LogP contribution in [0.15, 0.2) is 36.7 Å². The molecule has 0 atom stereocenters. The summed E-state index contributed by atoms with van der Waals surface area (Å²) in [5.74, 6) is 0.186. The number of carbonyl (C=O) groups excluding carboxylic acids is 1. The summed E-state index contributed by atoms with van der Waals surface area (Å²) in [5.41, 5.74) is -0.363. The number of methoxy groups -OCH3 is 1. The van der Waals surface area contributed by atoms with Gasteiger partial charge in [0.15, 0.2) is 0 Å². The summed E-state index contributed by atoms with van der Waals surface area (Å²) >= 11 is 0. The Morgan fingerprint density at radius 3 is 2.71 bits per heavy atom. The Morgan fingerprint density at radius 2 is 2.10 bits per heavy atom. The van der Waals surface area contributed by atoms with E-state index in [2.05, 4.69) is 15.3 Å². The number of aromatic nitrogens is 2. The fourth-order valence-corrected chi connectivity index (χ4v) is 1.66. The zero-order valence-corrected chi connectivity index (χ0v) is 11.1. The zero-order valence-electron chi connectivity index (χ0n) is 11.1. The summed E-state index contributed by atoms with van der Waals surface area (Å²) in [6.07, 6.45) is 3.09. The number of amides is 1. The molecule has 0 fully saturated rings. The van der Waals surface area contributed by atoms with Crippen molar-refractivity contribution >= 4 is 11.6 Å². The molecule has 0 aliphatic carbocycles. The van der Waals surface area contributed by atoms with Gasteiger partial charge in [0.25, 0.3) is 11.6 Å². The first kappa shape index (κ1) is 14.4. The maximum Gasteiger partial charge on any atom is 0.282 e. The van der Waals surface area contributed by atoms with Crippen molar-refractivity contribution in [1.29, 1.82) is 0 Å². The number of hydrogen-bond donors (Lipinski definition) is 1. The van der Waals surface area contributed by atoms with Crippen molar-refractivity contribution < 1.29 is 14.5 Å². The molecule has 0 saturated heterocycles. The molecular formula is C13H12N4O4. The monoisotopic (exact) mass is 288 g/mol. The molecule has 0 aliphatic rings. The minimum Gasteiger partial charge on any atom is -0.497 e. The van der Waals surface area contributed by atoms with Crippen molar-refractivity contribution in [3.63, 3.8) is 0 Å². The van der Waals surface area contributed by atoms with Gasteiger partial charge in [0.05, 0.1) is 18.6 Å². The molecule has 0 saturated carbocycles. The summed E-state index contributed by atoms with van der Waals surface area (Å²) in [4.78, 5) is 30.3. The van der Waals surface area contributed by atoms with Gasteiger partial charge in [0, 0.05) is 18.5 Å². The topological polar surface area (TPSA) is 107 Å². The molecule has 2 rings (SSSR count). The summed E-state index contributed by atoms with van der Waals surface area (Å²) in [6, 6.07) is 5.62. The lowest BCUT2D eigenvalue weighted by Gasteiger charge is -2.06. The second-order valence-electron chi connectivity index (χ2n) is 3.99. The maximum absolute atomic E-state index is 12.1. The van der Waals surface area contributed by atoms with E-state index in [1.807, 2.05) is 0 Å². The molecule has 8 heteroatoms.